The van der Waals surface area contributed by atoms with Crippen molar-refractivity contribution in [3.8, 4) is 11.5 Å². The number of halogens is 1. The Hall–Kier alpha value is -1.29. The Morgan fingerprint density at radius 2 is 1.80 bits per heavy atom. The van der Waals surface area contributed by atoms with Crippen molar-refractivity contribution in [1.29, 1.82) is 0 Å². The molecule has 0 aliphatic carbocycles. The van der Waals surface area contributed by atoms with Crippen LogP contribution in [0.5, 0.6) is 11.5 Å². The van der Waals surface area contributed by atoms with Gasteiger partial charge in [0.1, 0.15) is 5.75 Å². The summed E-state index contributed by atoms with van der Waals surface area (Å²) >= 11 is 0. The van der Waals surface area contributed by atoms with Gasteiger partial charge in [0.25, 0.3) is 0 Å². The second-order valence-corrected chi connectivity index (χ2v) is 3.33. The van der Waals surface area contributed by atoms with Crippen LogP contribution in [0.25, 0.3) is 0 Å². The summed E-state index contributed by atoms with van der Waals surface area (Å²) in [6, 6.07) is 3.23. The van der Waals surface area contributed by atoms with Crippen molar-refractivity contribution in [2.24, 2.45) is 5.73 Å². The molecule has 0 heterocycles. The molecule has 0 aliphatic rings. The molecule has 0 aromatic heterocycles. The molecule has 0 radical (unpaired) electrons. The summed E-state index contributed by atoms with van der Waals surface area (Å²) in [5.41, 5.74) is 6.00. The number of benzene rings is 1. The van der Waals surface area contributed by atoms with E-state index in [-0.39, 0.29) is 11.7 Å². The van der Waals surface area contributed by atoms with Crippen molar-refractivity contribution < 1.29 is 13.9 Å². The van der Waals surface area contributed by atoms with Crippen molar-refractivity contribution in [1.82, 2.24) is 0 Å². The van der Waals surface area contributed by atoms with E-state index >= 15 is 0 Å². The maximum Gasteiger partial charge on any atom is 0.172 e. The number of rotatable bonds is 4. The van der Waals surface area contributed by atoms with E-state index < -0.39 is 5.82 Å². The van der Waals surface area contributed by atoms with E-state index in [1.807, 2.05) is 6.92 Å². The first-order chi connectivity index (χ1) is 7.15. The Labute approximate surface area is 89.0 Å². The highest BCUT2D eigenvalue weighted by Crippen LogP contribution is 2.33. The monoisotopic (exact) mass is 213 g/mol. The van der Waals surface area contributed by atoms with Gasteiger partial charge in [-0.15, -0.1) is 0 Å². The van der Waals surface area contributed by atoms with E-state index in [1.54, 1.807) is 12.1 Å². The summed E-state index contributed by atoms with van der Waals surface area (Å²) in [6.07, 6.45) is 0. The summed E-state index contributed by atoms with van der Waals surface area (Å²) in [5, 5.41) is 0. The Balaban J connectivity index is 3.29. The lowest BCUT2D eigenvalue weighted by molar-refractivity contribution is 0.368. The highest BCUT2D eigenvalue weighted by molar-refractivity contribution is 5.44. The highest BCUT2D eigenvalue weighted by Gasteiger charge is 2.19. The number of hydrogen-bond acceptors (Lipinski definition) is 3. The third-order valence-corrected chi connectivity index (χ3v) is 2.39. The first kappa shape index (κ1) is 11.8. The van der Waals surface area contributed by atoms with E-state index in [2.05, 4.69) is 0 Å². The number of ether oxygens (including phenoxy) is 2. The van der Waals surface area contributed by atoms with Crippen LogP contribution in [-0.4, -0.2) is 20.8 Å². The molecular weight excluding hydrogens is 197 g/mol. The molecule has 0 saturated carbocycles. The fourth-order valence-corrected chi connectivity index (χ4v) is 1.47. The van der Waals surface area contributed by atoms with Gasteiger partial charge < -0.3 is 15.2 Å². The van der Waals surface area contributed by atoms with Gasteiger partial charge in [-0.25, -0.2) is 4.39 Å². The second-order valence-electron chi connectivity index (χ2n) is 3.33. The molecule has 3 nitrogen and oxygen atoms in total. The minimum absolute atomic E-state index is 0.102. The Morgan fingerprint density at radius 1 is 1.27 bits per heavy atom. The van der Waals surface area contributed by atoms with E-state index in [0.717, 1.165) is 0 Å². The summed E-state index contributed by atoms with van der Waals surface area (Å²) < 4.78 is 23.9. The number of nitrogens with two attached hydrogens (primary N) is 1. The van der Waals surface area contributed by atoms with E-state index in [9.17, 15) is 4.39 Å². The fourth-order valence-electron chi connectivity index (χ4n) is 1.47. The average Bonchev–Trinajstić information content (AvgIpc) is 2.27. The first-order valence-electron chi connectivity index (χ1n) is 4.76. The number of methoxy groups -OCH3 is 2. The maximum absolute atomic E-state index is 13.9. The topological polar surface area (TPSA) is 44.5 Å². The van der Waals surface area contributed by atoms with Crippen LogP contribution in [0.2, 0.25) is 0 Å². The summed E-state index contributed by atoms with van der Waals surface area (Å²) in [5.74, 6) is 0.224. The normalized spacial score (nSPS) is 12.3. The van der Waals surface area contributed by atoms with Gasteiger partial charge in [-0.1, -0.05) is 6.92 Å². The van der Waals surface area contributed by atoms with Gasteiger partial charge in [-0.3, -0.25) is 0 Å². The highest BCUT2D eigenvalue weighted by atomic mass is 19.1. The quantitative estimate of drug-likeness (QED) is 0.830. The third kappa shape index (κ3) is 2.21. The molecule has 0 saturated heterocycles. The molecular formula is C11H16FNO2. The molecule has 0 aliphatic heterocycles. The van der Waals surface area contributed by atoms with Crippen LogP contribution in [-0.2, 0) is 0 Å². The smallest absolute Gasteiger partial charge is 0.172 e. The van der Waals surface area contributed by atoms with Crippen molar-refractivity contribution in [2.45, 2.75) is 12.8 Å². The Morgan fingerprint density at radius 3 is 2.27 bits per heavy atom. The van der Waals surface area contributed by atoms with Gasteiger partial charge in [0, 0.05) is 11.5 Å². The number of hydrogen-bond donors (Lipinski definition) is 1. The molecule has 1 rings (SSSR count). The molecule has 0 bridgehead atoms. The molecule has 2 N–H and O–H groups in total. The van der Waals surface area contributed by atoms with Gasteiger partial charge in [0.05, 0.1) is 14.2 Å². The third-order valence-electron chi connectivity index (χ3n) is 2.39. The second kappa shape index (κ2) is 4.98. The van der Waals surface area contributed by atoms with Gasteiger partial charge in [0.2, 0.25) is 0 Å². The molecule has 15 heavy (non-hydrogen) atoms. The zero-order chi connectivity index (χ0) is 11.4. The molecule has 4 heteroatoms. The largest absolute Gasteiger partial charge is 0.496 e. The van der Waals surface area contributed by atoms with Crippen molar-refractivity contribution >= 4 is 0 Å². The minimum atomic E-state index is -0.394. The van der Waals surface area contributed by atoms with E-state index in [1.165, 1.54) is 14.2 Å². The molecule has 0 fully saturated rings. The molecule has 1 aromatic rings. The molecule has 0 amide bonds. The van der Waals surface area contributed by atoms with E-state index in [4.69, 9.17) is 15.2 Å². The van der Waals surface area contributed by atoms with Crippen LogP contribution in [0.1, 0.15) is 18.4 Å². The molecule has 84 valence electrons. The zero-order valence-corrected chi connectivity index (χ0v) is 9.21. The standard InChI is InChI=1S/C11H16FNO2/c1-7(6-13)10-8(14-2)4-5-9(15-3)11(10)12/h4-5,7H,6,13H2,1-3H3. The predicted molar refractivity (Wildman–Crippen MR) is 57.0 cm³/mol. The predicted octanol–water partition coefficient (Wildman–Crippen LogP) is 1.91. The van der Waals surface area contributed by atoms with Crippen LogP contribution >= 0.6 is 0 Å². The lowest BCUT2D eigenvalue weighted by atomic mass is 9.99. The van der Waals surface area contributed by atoms with Gasteiger partial charge >= 0.3 is 0 Å². The van der Waals surface area contributed by atoms with Gasteiger partial charge in [-0.2, -0.15) is 0 Å². The lowest BCUT2D eigenvalue weighted by Gasteiger charge is -2.16. The van der Waals surface area contributed by atoms with Gasteiger partial charge in [0.15, 0.2) is 11.6 Å². The Kier molecular flexibility index (Phi) is 3.91. The van der Waals surface area contributed by atoms with Crippen LogP contribution < -0.4 is 15.2 Å². The summed E-state index contributed by atoms with van der Waals surface area (Å²) in [4.78, 5) is 0. The minimum Gasteiger partial charge on any atom is -0.496 e. The molecule has 1 unspecified atom stereocenters. The molecule has 1 atom stereocenters. The van der Waals surface area contributed by atoms with Gasteiger partial charge in [-0.05, 0) is 18.7 Å². The Bertz CT molecular complexity index is 342. The zero-order valence-electron chi connectivity index (χ0n) is 9.21. The molecule has 1 aromatic carbocycles. The van der Waals surface area contributed by atoms with Crippen LogP contribution in [0.3, 0.4) is 0 Å². The summed E-state index contributed by atoms with van der Waals surface area (Å²) in [7, 11) is 2.94. The SMILES string of the molecule is COc1ccc(OC)c(C(C)CN)c1F. The van der Waals surface area contributed by atoms with Crippen LogP contribution in [0, 0.1) is 5.82 Å². The molecule has 0 spiro atoms. The lowest BCUT2D eigenvalue weighted by Crippen LogP contribution is -2.12. The van der Waals surface area contributed by atoms with Crippen molar-refractivity contribution in [3.63, 3.8) is 0 Å². The van der Waals surface area contributed by atoms with E-state index in [0.29, 0.717) is 17.9 Å². The fraction of sp³-hybridized carbons (Fsp3) is 0.455. The first-order valence-corrected chi connectivity index (χ1v) is 4.76. The van der Waals surface area contributed by atoms with Crippen LogP contribution in [0.15, 0.2) is 12.1 Å². The summed E-state index contributed by atoms with van der Waals surface area (Å²) in [6.45, 7) is 2.21. The van der Waals surface area contributed by atoms with Crippen molar-refractivity contribution in [2.75, 3.05) is 20.8 Å². The maximum atomic E-state index is 13.9. The van der Waals surface area contributed by atoms with Crippen LogP contribution in [0.4, 0.5) is 4.39 Å². The average molecular weight is 213 g/mol. The van der Waals surface area contributed by atoms with Crippen molar-refractivity contribution in [3.05, 3.63) is 23.5 Å².